The van der Waals surface area contributed by atoms with E-state index >= 15 is 0 Å². The van der Waals surface area contributed by atoms with Crippen molar-refractivity contribution in [2.45, 2.75) is 31.7 Å². The van der Waals surface area contributed by atoms with Gasteiger partial charge in [0.1, 0.15) is 18.4 Å². The second-order valence-electron chi connectivity index (χ2n) is 4.07. The molecule has 0 aromatic carbocycles. The summed E-state index contributed by atoms with van der Waals surface area (Å²) < 4.78 is 10.7. The van der Waals surface area contributed by atoms with E-state index in [0.717, 1.165) is 6.92 Å². The van der Waals surface area contributed by atoms with E-state index in [0.29, 0.717) is 6.92 Å². The molecule has 0 saturated carbocycles. The van der Waals surface area contributed by atoms with Gasteiger partial charge in [-0.05, 0) is 13.8 Å². The van der Waals surface area contributed by atoms with E-state index < -0.39 is 48.9 Å². The number of aliphatic hydroxyl groups is 3. The van der Waals surface area contributed by atoms with Gasteiger partial charge in [0.25, 0.3) is 0 Å². The maximum absolute atomic E-state index is 11.5. The largest absolute Gasteiger partial charge is 0.386 e. The summed E-state index contributed by atoms with van der Waals surface area (Å²) in [4.78, 5) is 50.9. The smallest absolute Gasteiger partial charge is 0.333 e. The number of hydrogen-bond donors (Lipinski definition) is 5. The predicted octanol–water partition coefficient (Wildman–Crippen LogP) is -2.64. The summed E-state index contributed by atoms with van der Waals surface area (Å²) >= 11 is 0. The van der Waals surface area contributed by atoms with E-state index in [4.69, 9.17) is 9.79 Å². The summed E-state index contributed by atoms with van der Waals surface area (Å²) in [5.74, 6) is -4.06. The Labute approximate surface area is 108 Å². The monoisotopic (exact) mass is 298 g/mol. The summed E-state index contributed by atoms with van der Waals surface area (Å²) in [6, 6.07) is 0. The van der Waals surface area contributed by atoms with Gasteiger partial charge in [-0.2, -0.15) is 0 Å². The Kier molecular flexibility index (Phi) is 5.69. The Morgan fingerprint density at radius 3 is 1.84 bits per heavy atom. The minimum absolute atomic E-state index is 0.674. The van der Waals surface area contributed by atoms with Crippen molar-refractivity contribution < 1.29 is 44.1 Å². The van der Waals surface area contributed by atoms with Gasteiger partial charge < -0.3 is 25.1 Å². The second kappa shape index (κ2) is 6.00. The van der Waals surface area contributed by atoms with Gasteiger partial charge in [-0.15, -0.1) is 0 Å². The molecule has 0 saturated heterocycles. The highest BCUT2D eigenvalue weighted by Crippen LogP contribution is 2.36. The van der Waals surface area contributed by atoms with Crippen molar-refractivity contribution >= 4 is 24.9 Å². The van der Waals surface area contributed by atoms with E-state index in [1.165, 1.54) is 0 Å². The molecule has 0 fully saturated rings. The topological polar surface area (TPSA) is 169 Å². The van der Waals surface area contributed by atoms with Gasteiger partial charge in [0.05, 0.1) is 0 Å². The fourth-order valence-corrected chi connectivity index (χ4v) is 1.94. The zero-order valence-corrected chi connectivity index (χ0v) is 11.1. The van der Waals surface area contributed by atoms with Gasteiger partial charge >= 0.3 is 7.60 Å². The fourth-order valence-electron chi connectivity index (χ4n) is 1.33. The Hall–Kier alpha value is -0.960. The molecule has 3 atom stereocenters. The van der Waals surface area contributed by atoms with Crippen LogP contribution in [0.4, 0.5) is 0 Å². The number of hydrogen-bond acceptors (Lipinski definition) is 7. The Balaban J connectivity index is 5.50. The molecule has 0 aliphatic rings. The minimum Gasteiger partial charge on any atom is -0.386 e. The van der Waals surface area contributed by atoms with Crippen molar-refractivity contribution in [1.29, 1.82) is 0 Å². The maximum Gasteiger partial charge on any atom is 0.333 e. The van der Waals surface area contributed by atoms with Crippen LogP contribution in [0.2, 0.25) is 0 Å². The first-order valence-electron chi connectivity index (χ1n) is 5.02. The SMILES string of the molecule is CC(=O)C(O)C(O)C(O)(C(C)=O)C(=O)CP(=O)(O)O. The molecule has 0 heterocycles. The van der Waals surface area contributed by atoms with Gasteiger partial charge in [0.15, 0.2) is 17.3 Å². The van der Waals surface area contributed by atoms with Gasteiger partial charge in [-0.25, -0.2) is 0 Å². The van der Waals surface area contributed by atoms with Crippen LogP contribution in [-0.4, -0.2) is 66.4 Å². The van der Waals surface area contributed by atoms with Gasteiger partial charge in [-0.3, -0.25) is 18.9 Å². The first kappa shape index (κ1) is 18.0. The van der Waals surface area contributed by atoms with E-state index in [-0.39, 0.29) is 0 Å². The number of ketones is 3. The third-order valence-electron chi connectivity index (χ3n) is 2.46. The van der Waals surface area contributed by atoms with E-state index in [9.17, 15) is 34.3 Å². The van der Waals surface area contributed by atoms with Crippen LogP contribution in [0.1, 0.15) is 13.8 Å². The molecule has 9 nitrogen and oxygen atoms in total. The first-order valence-corrected chi connectivity index (χ1v) is 6.81. The van der Waals surface area contributed by atoms with Crippen LogP contribution in [-0.2, 0) is 18.9 Å². The highest BCUT2D eigenvalue weighted by atomic mass is 31.2. The lowest BCUT2D eigenvalue weighted by Crippen LogP contribution is -2.61. The maximum atomic E-state index is 11.5. The highest BCUT2D eigenvalue weighted by molar-refractivity contribution is 7.52. The van der Waals surface area contributed by atoms with Crippen molar-refractivity contribution in [2.75, 3.05) is 6.16 Å². The molecule has 3 unspecified atom stereocenters. The second-order valence-corrected chi connectivity index (χ2v) is 5.71. The number of carbonyl (C=O) groups excluding carboxylic acids is 3. The normalized spacial score (nSPS) is 18.3. The molecule has 0 bridgehead atoms. The lowest BCUT2D eigenvalue weighted by atomic mass is 9.84. The lowest BCUT2D eigenvalue weighted by Gasteiger charge is -2.31. The van der Waals surface area contributed by atoms with Crippen LogP contribution in [0.5, 0.6) is 0 Å². The van der Waals surface area contributed by atoms with Crippen molar-refractivity contribution in [3.05, 3.63) is 0 Å². The van der Waals surface area contributed by atoms with Gasteiger partial charge in [0, 0.05) is 0 Å². The molecular formula is C9H15O9P. The number of aliphatic hydroxyl groups excluding tert-OH is 2. The quantitative estimate of drug-likeness (QED) is 0.249. The predicted molar refractivity (Wildman–Crippen MR) is 60.2 cm³/mol. The Morgan fingerprint density at radius 1 is 1.16 bits per heavy atom. The molecule has 0 amide bonds. The van der Waals surface area contributed by atoms with Crippen molar-refractivity contribution in [2.24, 2.45) is 0 Å². The fraction of sp³-hybridized carbons (Fsp3) is 0.667. The molecule has 110 valence electrons. The summed E-state index contributed by atoms with van der Waals surface area (Å²) in [6.45, 7) is 1.51. The van der Waals surface area contributed by atoms with Crippen LogP contribution >= 0.6 is 7.60 Å². The molecule has 0 aliphatic carbocycles. The van der Waals surface area contributed by atoms with Crippen LogP contribution in [0.25, 0.3) is 0 Å². The molecule has 19 heavy (non-hydrogen) atoms. The zero-order chi connectivity index (χ0) is 15.6. The molecule has 0 spiro atoms. The van der Waals surface area contributed by atoms with Gasteiger partial charge in [0.2, 0.25) is 5.60 Å². The molecule has 5 N–H and O–H groups in total. The highest BCUT2D eigenvalue weighted by Gasteiger charge is 2.52. The molecule has 0 aromatic rings. The lowest BCUT2D eigenvalue weighted by molar-refractivity contribution is -0.171. The summed E-state index contributed by atoms with van der Waals surface area (Å²) in [5.41, 5.74) is -3.26. The number of rotatable bonds is 7. The van der Waals surface area contributed by atoms with Crippen LogP contribution in [0.15, 0.2) is 0 Å². The summed E-state index contributed by atoms with van der Waals surface area (Å²) in [6.07, 6.45) is -6.26. The molecule has 0 aliphatic heterocycles. The summed E-state index contributed by atoms with van der Waals surface area (Å²) in [5, 5.41) is 28.6. The van der Waals surface area contributed by atoms with Crippen LogP contribution in [0, 0.1) is 0 Å². The van der Waals surface area contributed by atoms with E-state index in [1.807, 2.05) is 0 Å². The number of Topliss-reactive ketones (excluding diaryl/α,β-unsaturated/α-hetero) is 3. The molecule has 0 rings (SSSR count). The molecule has 0 radical (unpaired) electrons. The molecular weight excluding hydrogens is 283 g/mol. The average molecular weight is 298 g/mol. The Bertz CT molecular complexity index is 439. The van der Waals surface area contributed by atoms with Crippen LogP contribution < -0.4 is 0 Å². The van der Waals surface area contributed by atoms with Crippen LogP contribution in [0.3, 0.4) is 0 Å². The van der Waals surface area contributed by atoms with E-state index in [2.05, 4.69) is 0 Å². The molecule has 0 aromatic heterocycles. The van der Waals surface area contributed by atoms with Gasteiger partial charge in [-0.1, -0.05) is 0 Å². The van der Waals surface area contributed by atoms with Crippen molar-refractivity contribution in [3.63, 3.8) is 0 Å². The van der Waals surface area contributed by atoms with E-state index in [1.54, 1.807) is 0 Å². The third kappa shape index (κ3) is 4.27. The number of carbonyl (C=O) groups is 3. The minimum atomic E-state index is -4.89. The Morgan fingerprint density at radius 2 is 1.58 bits per heavy atom. The summed E-state index contributed by atoms with van der Waals surface area (Å²) in [7, 11) is -4.89. The zero-order valence-electron chi connectivity index (χ0n) is 10.2. The standard InChI is InChI=1S/C9H15O9P/c1-4(10)7(13)8(14)9(15,5(2)11)6(12)3-19(16,17)18/h7-8,13-15H,3H2,1-2H3,(H2,16,17,18). The van der Waals surface area contributed by atoms with Crippen molar-refractivity contribution in [1.82, 2.24) is 0 Å². The molecule has 10 heteroatoms. The first-order chi connectivity index (χ1) is 8.34. The third-order valence-corrected chi connectivity index (χ3v) is 3.15. The van der Waals surface area contributed by atoms with Crippen molar-refractivity contribution in [3.8, 4) is 0 Å². The average Bonchev–Trinajstić information content (AvgIpc) is 2.22.